The number of benzene rings is 1. The molecule has 0 saturated carbocycles. The van der Waals surface area contributed by atoms with Crippen molar-refractivity contribution in [3.8, 4) is 0 Å². The van der Waals surface area contributed by atoms with E-state index >= 15 is 0 Å². The van der Waals surface area contributed by atoms with Crippen molar-refractivity contribution < 1.29 is 14.3 Å². The summed E-state index contributed by atoms with van der Waals surface area (Å²) in [5.74, 6) is 0. The van der Waals surface area contributed by atoms with Gasteiger partial charge in [-0.2, -0.15) is 0 Å². The van der Waals surface area contributed by atoms with Crippen LogP contribution in [0, 0.1) is 5.41 Å². The van der Waals surface area contributed by atoms with Crippen LogP contribution in [0.15, 0.2) is 30.3 Å². The topological polar surface area (TPSA) is 50.8 Å². The second-order valence-electron chi connectivity index (χ2n) is 6.88. The zero-order valence-electron chi connectivity index (χ0n) is 14.4. The number of nitrogens with zero attached hydrogens (tertiary/aromatic N) is 1. The monoisotopic (exact) mass is 320 g/mol. The highest BCUT2D eigenvalue weighted by Crippen LogP contribution is 2.21. The van der Waals surface area contributed by atoms with Crippen molar-refractivity contribution in [2.45, 2.75) is 26.4 Å². The lowest BCUT2D eigenvalue weighted by Gasteiger charge is -2.34. The van der Waals surface area contributed by atoms with Gasteiger partial charge < -0.3 is 19.7 Å². The lowest BCUT2D eigenvalue weighted by molar-refractivity contribution is -0.0495. The van der Waals surface area contributed by atoms with Crippen LogP contribution in [0.25, 0.3) is 0 Å². The fourth-order valence-corrected chi connectivity index (χ4v) is 2.83. The second-order valence-corrected chi connectivity index (χ2v) is 6.88. The average Bonchev–Trinajstić information content (AvgIpc) is 2.54. The number of rotatable bonds is 6. The number of ether oxygens (including phenoxy) is 2. The number of nitrogens with one attached hydrogen (secondary N) is 1. The third-order valence-electron chi connectivity index (χ3n) is 4.02. The van der Waals surface area contributed by atoms with E-state index in [0.717, 1.165) is 6.42 Å². The van der Waals surface area contributed by atoms with E-state index in [1.165, 1.54) is 5.56 Å². The van der Waals surface area contributed by atoms with Crippen molar-refractivity contribution >= 4 is 6.03 Å². The maximum absolute atomic E-state index is 12.4. The smallest absolute Gasteiger partial charge is 0.317 e. The largest absolute Gasteiger partial charge is 0.382 e. The van der Waals surface area contributed by atoms with Crippen LogP contribution < -0.4 is 5.32 Å². The summed E-state index contributed by atoms with van der Waals surface area (Å²) >= 11 is 0. The molecule has 2 amide bonds. The molecule has 1 saturated heterocycles. The van der Waals surface area contributed by atoms with Gasteiger partial charge in [0, 0.05) is 20.2 Å². The van der Waals surface area contributed by atoms with Gasteiger partial charge in [-0.1, -0.05) is 44.2 Å². The fourth-order valence-electron chi connectivity index (χ4n) is 2.83. The van der Waals surface area contributed by atoms with Crippen LogP contribution >= 0.6 is 0 Å². The molecule has 1 heterocycles. The summed E-state index contributed by atoms with van der Waals surface area (Å²) in [5.41, 5.74) is 1.30. The SMILES string of the molecule is COC[C@H]1CN(C(=O)NCC(C)(C)Cc2ccccc2)CCO1. The van der Waals surface area contributed by atoms with E-state index in [4.69, 9.17) is 9.47 Å². The summed E-state index contributed by atoms with van der Waals surface area (Å²) in [7, 11) is 1.65. The minimum absolute atomic E-state index is 0.00916. The number of hydrogen-bond donors (Lipinski definition) is 1. The molecule has 1 aromatic rings. The van der Waals surface area contributed by atoms with Crippen molar-refractivity contribution in [3.05, 3.63) is 35.9 Å². The highest BCUT2D eigenvalue weighted by molar-refractivity contribution is 5.74. The van der Waals surface area contributed by atoms with Gasteiger partial charge in [-0.05, 0) is 17.4 Å². The van der Waals surface area contributed by atoms with Crippen molar-refractivity contribution in [2.24, 2.45) is 5.41 Å². The minimum atomic E-state index is -0.0307. The lowest BCUT2D eigenvalue weighted by Crippen LogP contribution is -2.52. The van der Waals surface area contributed by atoms with Crippen LogP contribution in [0.3, 0.4) is 0 Å². The maximum Gasteiger partial charge on any atom is 0.317 e. The molecule has 5 nitrogen and oxygen atoms in total. The van der Waals surface area contributed by atoms with Gasteiger partial charge in [0.2, 0.25) is 0 Å². The molecule has 128 valence electrons. The van der Waals surface area contributed by atoms with Crippen LogP contribution in [0.4, 0.5) is 4.79 Å². The molecule has 0 radical (unpaired) electrons. The molecule has 1 aliphatic rings. The first kappa shape index (κ1) is 17.8. The predicted molar refractivity (Wildman–Crippen MR) is 90.5 cm³/mol. The Morgan fingerprint density at radius 3 is 2.83 bits per heavy atom. The molecular weight excluding hydrogens is 292 g/mol. The van der Waals surface area contributed by atoms with E-state index in [1.807, 2.05) is 23.1 Å². The maximum atomic E-state index is 12.4. The summed E-state index contributed by atoms with van der Waals surface area (Å²) in [5, 5.41) is 3.07. The Hall–Kier alpha value is -1.59. The summed E-state index contributed by atoms with van der Waals surface area (Å²) in [6.07, 6.45) is 0.903. The highest BCUT2D eigenvalue weighted by atomic mass is 16.5. The number of urea groups is 1. The molecule has 0 aliphatic carbocycles. The molecule has 0 unspecified atom stereocenters. The molecular formula is C18H28N2O3. The molecule has 1 N–H and O–H groups in total. The number of carbonyl (C=O) groups is 1. The number of amides is 2. The van der Waals surface area contributed by atoms with E-state index in [0.29, 0.717) is 32.8 Å². The Labute approximate surface area is 139 Å². The van der Waals surface area contributed by atoms with Gasteiger partial charge in [0.1, 0.15) is 0 Å². The van der Waals surface area contributed by atoms with Gasteiger partial charge in [0.05, 0.1) is 25.9 Å². The minimum Gasteiger partial charge on any atom is -0.382 e. The molecule has 2 rings (SSSR count). The molecule has 1 aliphatic heterocycles. The van der Waals surface area contributed by atoms with E-state index in [-0.39, 0.29) is 17.6 Å². The first-order chi connectivity index (χ1) is 11.0. The molecule has 1 atom stereocenters. The van der Waals surface area contributed by atoms with E-state index in [1.54, 1.807) is 7.11 Å². The Kier molecular flexibility index (Phi) is 6.42. The average molecular weight is 320 g/mol. The summed E-state index contributed by atoms with van der Waals surface area (Å²) in [4.78, 5) is 14.2. The Bertz CT molecular complexity index is 488. The van der Waals surface area contributed by atoms with Crippen LogP contribution in [-0.4, -0.2) is 57.0 Å². The van der Waals surface area contributed by atoms with Gasteiger partial charge in [0.15, 0.2) is 0 Å². The van der Waals surface area contributed by atoms with Crippen LogP contribution in [0.2, 0.25) is 0 Å². The van der Waals surface area contributed by atoms with E-state index in [2.05, 4.69) is 31.3 Å². The standard InChI is InChI=1S/C18H28N2O3/c1-18(2,11-15-7-5-4-6-8-15)14-19-17(21)20-9-10-23-16(12-20)13-22-3/h4-8,16H,9-14H2,1-3H3,(H,19,21)/t16-/m1/s1. The molecule has 0 bridgehead atoms. The highest BCUT2D eigenvalue weighted by Gasteiger charge is 2.26. The second kappa shape index (κ2) is 8.31. The van der Waals surface area contributed by atoms with Crippen LogP contribution in [0.1, 0.15) is 19.4 Å². The van der Waals surface area contributed by atoms with Gasteiger partial charge in [-0.3, -0.25) is 0 Å². The van der Waals surface area contributed by atoms with E-state index < -0.39 is 0 Å². The van der Waals surface area contributed by atoms with Crippen LogP contribution in [0.5, 0.6) is 0 Å². The third kappa shape index (κ3) is 5.84. The Morgan fingerprint density at radius 2 is 2.13 bits per heavy atom. The summed E-state index contributed by atoms with van der Waals surface area (Å²) < 4.78 is 10.7. The normalized spacial score (nSPS) is 18.7. The molecule has 23 heavy (non-hydrogen) atoms. The van der Waals surface area contributed by atoms with Crippen molar-refractivity contribution in [1.82, 2.24) is 10.2 Å². The number of carbonyl (C=O) groups excluding carboxylic acids is 1. The van der Waals surface area contributed by atoms with Gasteiger partial charge in [-0.15, -0.1) is 0 Å². The zero-order valence-corrected chi connectivity index (χ0v) is 14.4. The number of hydrogen-bond acceptors (Lipinski definition) is 3. The van der Waals surface area contributed by atoms with E-state index in [9.17, 15) is 4.79 Å². The van der Waals surface area contributed by atoms with Crippen molar-refractivity contribution in [2.75, 3.05) is 40.0 Å². The summed E-state index contributed by atoms with van der Waals surface area (Å²) in [6, 6.07) is 10.4. The van der Waals surface area contributed by atoms with Crippen LogP contribution in [-0.2, 0) is 15.9 Å². The molecule has 0 spiro atoms. The quantitative estimate of drug-likeness (QED) is 0.875. The fraction of sp³-hybridized carbons (Fsp3) is 0.611. The summed E-state index contributed by atoms with van der Waals surface area (Å²) in [6.45, 7) is 7.29. The predicted octanol–water partition coefficient (Wildman–Crippen LogP) is 2.31. The zero-order chi connectivity index (χ0) is 16.7. The number of morpholine rings is 1. The third-order valence-corrected chi connectivity index (χ3v) is 4.02. The Balaban J connectivity index is 1.80. The molecule has 0 aromatic heterocycles. The van der Waals surface area contributed by atoms with Gasteiger partial charge in [-0.25, -0.2) is 4.79 Å². The number of methoxy groups -OCH3 is 1. The molecule has 1 aromatic carbocycles. The van der Waals surface area contributed by atoms with Gasteiger partial charge >= 0.3 is 6.03 Å². The Morgan fingerprint density at radius 1 is 1.39 bits per heavy atom. The first-order valence-electron chi connectivity index (χ1n) is 8.17. The molecule has 1 fully saturated rings. The lowest BCUT2D eigenvalue weighted by atomic mass is 9.86. The van der Waals surface area contributed by atoms with Gasteiger partial charge in [0.25, 0.3) is 0 Å². The first-order valence-corrected chi connectivity index (χ1v) is 8.17. The van der Waals surface area contributed by atoms with Crippen molar-refractivity contribution in [1.29, 1.82) is 0 Å². The van der Waals surface area contributed by atoms with Crippen molar-refractivity contribution in [3.63, 3.8) is 0 Å². The molecule has 5 heteroatoms.